The molecule has 0 unspecified atom stereocenters. The highest BCUT2D eigenvalue weighted by molar-refractivity contribution is 7.91. The van der Waals surface area contributed by atoms with Gasteiger partial charge in [-0.2, -0.15) is 0 Å². The van der Waals surface area contributed by atoms with Crippen molar-refractivity contribution in [3.8, 4) is 0 Å². The van der Waals surface area contributed by atoms with Crippen molar-refractivity contribution in [3.05, 3.63) is 30.3 Å². The summed E-state index contributed by atoms with van der Waals surface area (Å²) in [6, 6.07) is 8.32. The normalized spacial score (nSPS) is 10.8. The number of benzene rings is 1. The second kappa shape index (κ2) is 11.4. The van der Waals surface area contributed by atoms with Gasteiger partial charge >= 0.3 is 0 Å². The van der Waals surface area contributed by atoms with Gasteiger partial charge in [-0.1, -0.05) is 18.2 Å². The van der Waals surface area contributed by atoms with E-state index in [0.717, 1.165) is 0 Å². The SMILES string of the molecule is COCCNCC(=O)NCCCS(=O)(=O)c1ccccc1.Cl. The van der Waals surface area contributed by atoms with Crippen molar-refractivity contribution >= 4 is 28.2 Å². The first kappa shape index (κ1) is 20.9. The lowest BCUT2D eigenvalue weighted by Crippen LogP contribution is -2.36. The number of hydrogen-bond donors (Lipinski definition) is 2. The number of ether oxygens (including phenoxy) is 1. The third kappa shape index (κ3) is 8.33. The summed E-state index contributed by atoms with van der Waals surface area (Å²) in [5, 5.41) is 5.59. The summed E-state index contributed by atoms with van der Waals surface area (Å²) in [6.07, 6.45) is 0.390. The van der Waals surface area contributed by atoms with E-state index in [2.05, 4.69) is 10.6 Å². The van der Waals surface area contributed by atoms with Gasteiger partial charge in [0.1, 0.15) is 0 Å². The molecule has 0 aliphatic heterocycles. The highest BCUT2D eigenvalue weighted by Crippen LogP contribution is 2.10. The Labute approximate surface area is 138 Å². The molecule has 0 radical (unpaired) electrons. The van der Waals surface area contributed by atoms with Crippen molar-refractivity contribution in [2.45, 2.75) is 11.3 Å². The van der Waals surface area contributed by atoms with Gasteiger partial charge < -0.3 is 15.4 Å². The quantitative estimate of drug-likeness (QED) is 0.604. The van der Waals surface area contributed by atoms with Crippen LogP contribution in [0.25, 0.3) is 0 Å². The predicted molar refractivity (Wildman–Crippen MR) is 88.1 cm³/mol. The molecular formula is C14H23ClN2O4S. The summed E-state index contributed by atoms with van der Waals surface area (Å²) in [6.45, 7) is 1.69. The van der Waals surface area contributed by atoms with Crippen molar-refractivity contribution in [1.29, 1.82) is 0 Å². The van der Waals surface area contributed by atoms with Crippen LogP contribution in [0.1, 0.15) is 6.42 Å². The molecule has 1 rings (SSSR count). The Kier molecular flexibility index (Phi) is 10.8. The molecule has 1 aromatic carbocycles. The van der Waals surface area contributed by atoms with Crippen molar-refractivity contribution in [2.75, 3.05) is 39.1 Å². The van der Waals surface area contributed by atoms with E-state index in [9.17, 15) is 13.2 Å². The molecular weight excluding hydrogens is 328 g/mol. The number of carbonyl (C=O) groups excluding carboxylic acids is 1. The lowest BCUT2D eigenvalue weighted by atomic mass is 10.4. The molecule has 0 atom stereocenters. The van der Waals surface area contributed by atoms with Crippen LogP contribution in [0.15, 0.2) is 35.2 Å². The number of methoxy groups -OCH3 is 1. The maximum absolute atomic E-state index is 12.0. The average molecular weight is 351 g/mol. The molecule has 0 aliphatic rings. The first-order chi connectivity index (χ1) is 10.1. The Morgan fingerprint density at radius 3 is 2.50 bits per heavy atom. The molecule has 6 nitrogen and oxygen atoms in total. The first-order valence-corrected chi connectivity index (χ1v) is 8.45. The second-order valence-corrected chi connectivity index (χ2v) is 6.61. The van der Waals surface area contributed by atoms with Gasteiger partial charge in [0.2, 0.25) is 5.91 Å². The summed E-state index contributed by atoms with van der Waals surface area (Å²) in [5.41, 5.74) is 0. The van der Waals surface area contributed by atoms with Crippen LogP contribution in [-0.2, 0) is 19.4 Å². The highest BCUT2D eigenvalue weighted by Gasteiger charge is 2.13. The standard InChI is InChI=1S/C14H22N2O4S.ClH/c1-20-10-9-15-12-14(17)16-8-5-11-21(18,19)13-6-3-2-4-7-13;/h2-4,6-7,15H,5,8-12H2,1H3,(H,16,17);1H. The molecule has 0 heterocycles. The molecule has 2 N–H and O–H groups in total. The van der Waals surface area contributed by atoms with E-state index in [0.29, 0.717) is 31.0 Å². The largest absolute Gasteiger partial charge is 0.383 e. The number of sulfone groups is 1. The molecule has 0 saturated heterocycles. The van der Waals surface area contributed by atoms with Gasteiger partial charge in [0, 0.05) is 20.2 Å². The van der Waals surface area contributed by atoms with E-state index in [1.165, 1.54) is 0 Å². The molecule has 0 aliphatic carbocycles. The lowest BCUT2D eigenvalue weighted by molar-refractivity contribution is -0.120. The number of carbonyl (C=O) groups is 1. The fourth-order valence-electron chi connectivity index (χ4n) is 1.67. The minimum Gasteiger partial charge on any atom is -0.383 e. The van der Waals surface area contributed by atoms with Crippen LogP contribution in [0.3, 0.4) is 0 Å². The molecule has 126 valence electrons. The third-order valence-electron chi connectivity index (χ3n) is 2.78. The van der Waals surface area contributed by atoms with E-state index in [4.69, 9.17) is 4.74 Å². The van der Waals surface area contributed by atoms with Crippen LogP contribution >= 0.6 is 12.4 Å². The first-order valence-electron chi connectivity index (χ1n) is 6.80. The van der Waals surface area contributed by atoms with Gasteiger partial charge in [-0.3, -0.25) is 4.79 Å². The van der Waals surface area contributed by atoms with E-state index < -0.39 is 9.84 Å². The van der Waals surface area contributed by atoms with Gasteiger partial charge in [-0.25, -0.2) is 8.42 Å². The average Bonchev–Trinajstić information content (AvgIpc) is 2.49. The minimum atomic E-state index is -3.27. The predicted octanol–water partition coefficient (Wildman–Crippen LogP) is 0.624. The number of hydrogen-bond acceptors (Lipinski definition) is 5. The molecule has 0 fully saturated rings. The van der Waals surface area contributed by atoms with E-state index in [1.54, 1.807) is 37.4 Å². The van der Waals surface area contributed by atoms with Crippen LogP contribution in [0.5, 0.6) is 0 Å². The summed E-state index contributed by atoms with van der Waals surface area (Å²) in [4.78, 5) is 11.8. The van der Waals surface area contributed by atoms with Crippen molar-refractivity contribution in [2.24, 2.45) is 0 Å². The van der Waals surface area contributed by atoms with Gasteiger partial charge in [-0.05, 0) is 18.6 Å². The molecule has 1 amide bonds. The van der Waals surface area contributed by atoms with Crippen LogP contribution in [0, 0.1) is 0 Å². The summed E-state index contributed by atoms with van der Waals surface area (Å²) in [7, 11) is -1.67. The smallest absolute Gasteiger partial charge is 0.233 e. The summed E-state index contributed by atoms with van der Waals surface area (Å²) in [5.74, 6) is -0.128. The van der Waals surface area contributed by atoms with Crippen molar-refractivity contribution < 1.29 is 17.9 Å². The number of rotatable bonds is 10. The molecule has 22 heavy (non-hydrogen) atoms. The molecule has 0 bridgehead atoms. The minimum absolute atomic E-state index is 0. The van der Waals surface area contributed by atoms with Crippen LogP contribution < -0.4 is 10.6 Å². The molecule has 0 aromatic heterocycles. The third-order valence-corrected chi connectivity index (χ3v) is 4.60. The lowest BCUT2D eigenvalue weighted by Gasteiger charge is -2.07. The molecule has 0 saturated carbocycles. The van der Waals surface area contributed by atoms with Crippen LogP contribution in [0.2, 0.25) is 0 Å². The van der Waals surface area contributed by atoms with E-state index in [1.807, 2.05) is 0 Å². The van der Waals surface area contributed by atoms with E-state index in [-0.39, 0.29) is 30.6 Å². The highest BCUT2D eigenvalue weighted by atomic mass is 35.5. The fraction of sp³-hybridized carbons (Fsp3) is 0.500. The van der Waals surface area contributed by atoms with Crippen LogP contribution in [0.4, 0.5) is 0 Å². The second-order valence-electron chi connectivity index (χ2n) is 4.51. The Morgan fingerprint density at radius 2 is 1.86 bits per heavy atom. The molecule has 1 aromatic rings. The Bertz CT molecular complexity index is 523. The van der Waals surface area contributed by atoms with Crippen molar-refractivity contribution in [3.63, 3.8) is 0 Å². The fourth-order valence-corrected chi connectivity index (χ4v) is 3.01. The molecule has 8 heteroatoms. The number of amides is 1. The topological polar surface area (TPSA) is 84.5 Å². The Balaban J connectivity index is 0.00000441. The maximum atomic E-state index is 12.0. The zero-order valence-electron chi connectivity index (χ0n) is 12.6. The number of halogens is 1. The zero-order valence-corrected chi connectivity index (χ0v) is 14.2. The summed E-state index contributed by atoms with van der Waals surface area (Å²) < 4.78 is 28.8. The van der Waals surface area contributed by atoms with Crippen LogP contribution in [-0.4, -0.2) is 53.4 Å². The van der Waals surface area contributed by atoms with E-state index >= 15 is 0 Å². The molecule has 0 spiro atoms. The number of nitrogens with one attached hydrogen (secondary N) is 2. The summed E-state index contributed by atoms with van der Waals surface area (Å²) >= 11 is 0. The Morgan fingerprint density at radius 1 is 1.18 bits per heavy atom. The monoisotopic (exact) mass is 350 g/mol. The maximum Gasteiger partial charge on any atom is 0.233 e. The van der Waals surface area contributed by atoms with Gasteiger partial charge in [0.25, 0.3) is 0 Å². The van der Waals surface area contributed by atoms with Gasteiger partial charge in [-0.15, -0.1) is 12.4 Å². The van der Waals surface area contributed by atoms with Crippen molar-refractivity contribution in [1.82, 2.24) is 10.6 Å². The Hall–Kier alpha value is -1.15. The van der Waals surface area contributed by atoms with Gasteiger partial charge in [0.15, 0.2) is 9.84 Å². The van der Waals surface area contributed by atoms with Gasteiger partial charge in [0.05, 0.1) is 23.8 Å². The zero-order chi connectivity index (χ0) is 15.6.